The lowest BCUT2D eigenvalue weighted by Crippen LogP contribution is -1.89. The number of hydrogen-bond acceptors (Lipinski definition) is 2. The number of thioether (sulfide) groups is 1. The average molecular weight is 298 g/mol. The predicted molar refractivity (Wildman–Crippen MR) is 81.6 cm³/mol. The Morgan fingerprint density at radius 3 is 2.61 bits per heavy atom. The lowest BCUT2D eigenvalue weighted by Gasteiger charge is -2.07. The van der Waals surface area contributed by atoms with E-state index in [9.17, 15) is 0 Å². The molecule has 0 radical (unpaired) electrons. The van der Waals surface area contributed by atoms with Gasteiger partial charge in [-0.05, 0) is 54.4 Å². The summed E-state index contributed by atoms with van der Waals surface area (Å²) < 4.78 is 0. The molecule has 18 heavy (non-hydrogen) atoms. The Bertz CT molecular complexity index is 570. The third-order valence-corrected chi connectivity index (χ3v) is 4.29. The molecule has 0 aliphatic rings. The van der Waals surface area contributed by atoms with E-state index in [1.165, 1.54) is 4.90 Å². The van der Waals surface area contributed by atoms with E-state index in [2.05, 4.69) is 6.07 Å². The van der Waals surface area contributed by atoms with Gasteiger partial charge in [-0.2, -0.15) is 0 Å². The van der Waals surface area contributed by atoms with Crippen molar-refractivity contribution in [2.75, 3.05) is 5.73 Å². The zero-order chi connectivity index (χ0) is 13.1. The molecule has 0 bridgehead atoms. The van der Waals surface area contributed by atoms with Crippen molar-refractivity contribution >= 4 is 40.7 Å². The van der Waals surface area contributed by atoms with E-state index in [1.54, 1.807) is 17.8 Å². The Kier molecular flexibility index (Phi) is 4.44. The summed E-state index contributed by atoms with van der Waals surface area (Å²) in [6.45, 7) is 2.01. The maximum Gasteiger partial charge on any atom is 0.0447 e. The number of halogens is 2. The van der Waals surface area contributed by atoms with Crippen LogP contribution in [0.15, 0.2) is 41.3 Å². The van der Waals surface area contributed by atoms with Crippen LogP contribution in [0.4, 0.5) is 5.69 Å². The van der Waals surface area contributed by atoms with E-state index < -0.39 is 0 Å². The van der Waals surface area contributed by atoms with Crippen molar-refractivity contribution in [1.82, 2.24) is 0 Å². The number of hydrogen-bond donors (Lipinski definition) is 1. The number of rotatable bonds is 3. The van der Waals surface area contributed by atoms with Crippen LogP contribution in [0.1, 0.15) is 11.1 Å². The van der Waals surface area contributed by atoms with Gasteiger partial charge >= 0.3 is 0 Å². The molecule has 4 heteroatoms. The zero-order valence-electron chi connectivity index (χ0n) is 9.91. The van der Waals surface area contributed by atoms with E-state index in [1.807, 2.05) is 31.2 Å². The van der Waals surface area contributed by atoms with Crippen molar-refractivity contribution in [2.24, 2.45) is 0 Å². The number of anilines is 1. The van der Waals surface area contributed by atoms with Gasteiger partial charge in [-0.25, -0.2) is 0 Å². The van der Waals surface area contributed by atoms with E-state index in [4.69, 9.17) is 28.9 Å². The lowest BCUT2D eigenvalue weighted by molar-refractivity contribution is 1.34. The average Bonchev–Trinajstić information content (AvgIpc) is 2.34. The Hall–Kier alpha value is -0.830. The fourth-order valence-corrected chi connectivity index (χ4v) is 3.00. The molecule has 0 amide bonds. The van der Waals surface area contributed by atoms with Gasteiger partial charge in [0.25, 0.3) is 0 Å². The van der Waals surface area contributed by atoms with Crippen molar-refractivity contribution in [3.63, 3.8) is 0 Å². The van der Waals surface area contributed by atoms with Gasteiger partial charge < -0.3 is 5.73 Å². The normalized spacial score (nSPS) is 10.6. The SMILES string of the molecule is Cc1cc(SCc2cc(Cl)ccc2Cl)ccc1N. The smallest absolute Gasteiger partial charge is 0.0447 e. The van der Waals surface area contributed by atoms with Gasteiger partial charge in [0.15, 0.2) is 0 Å². The Balaban J connectivity index is 2.11. The highest BCUT2D eigenvalue weighted by molar-refractivity contribution is 7.98. The molecule has 2 aromatic carbocycles. The van der Waals surface area contributed by atoms with Crippen molar-refractivity contribution in [2.45, 2.75) is 17.6 Å². The van der Waals surface area contributed by atoms with Gasteiger partial charge in [0.05, 0.1) is 0 Å². The summed E-state index contributed by atoms with van der Waals surface area (Å²) in [5.74, 6) is 0.794. The van der Waals surface area contributed by atoms with E-state index >= 15 is 0 Å². The quantitative estimate of drug-likeness (QED) is 0.624. The van der Waals surface area contributed by atoms with Crippen LogP contribution in [0.3, 0.4) is 0 Å². The van der Waals surface area contributed by atoms with Crippen LogP contribution in [0, 0.1) is 6.92 Å². The summed E-state index contributed by atoms with van der Waals surface area (Å²) in [5.41, 5.74) is 8.75. The van der Waals surface area contributed by atoms with Crippen molar-refractivity contribution < 1.29 is 0 Å². The molecule has 0 fully saturated rings. The van der Waals surface area contributed by atoms with Gasteiger partial charge in [0.1, 0.15) is 0 Å². The third kappa shape index (κ3) is 3.35. The van der Waals surface area contributed by atoms with Gasteiger partial charge in [-0.15, -0.1) is 11.8 Å². The molecule has 0 saturated carbocycles. The van der Waals surface area contributed by atoms with Crippen molar-refractivity contribution in [1.29, 1.82) is 0 Å². The Labute approximate surface area is 121 Å². The second-order valence-corrected chi connectivity index (χ2v) is 5.94. The summed E-state index contributed by atoms with van der Waals surface area (Å²) in [4.78, 5) is 1.18. The molecule has 94 valence electrons. The summed E-state index contributed by atoms with van der Waals surface area (Å²) >= 11 is 13.8. The zero-order valence-corrected chi connectivity index (χ0v) is 12.2. The molecule has 0 spiro atoms. The highest BCUT2D eigenvalue weighted by Crippen LogP contribution is 2.29. The molecule has 2 N–H and O–H groups in total. The molecule has 0 aliphatic heterocycles. The number of nitrogens with two attached hydrogens (primary N) is 1. The van der Waals surface area contributed by atoms with Crippen LogP contribution < -0.4 is 5.73 Å². The number of aryl methyl sites for hydroxylation is 1. The largest absolute Gasteiger partial charge is 0.399 e. The molecule has 0 atom stereocenters. The minimum Gasteiger partial charge on any atom is -0.399 e. The van der Waals surface area contributed by atoms with E-state index in [0.29, 0.717) is 5.02 Å². The molecular weight excluding hydrogens is 285 g/mol. The first-order valence-corrected chi connectivity index (χ1v) is 7.23. The fourth-order valence-electron chi connectivity index (χ4n) is 1.55. The lowest BCUT2D eigenvalue weighted by atomic mass is 10.2. The van der Waals surface area contributed by atoms with E-state index in [-0.39, 0.29) is 0 Å². The number of nitrogen functional groups attached to an aromatic ring is 1. The molecule has 0 aliphatic carbocycles. The second kappa shape index (κ2) is 5.87. The Morgan fingerprint density at radius 2 is 1.89 bits per heavy atom. The molecule has 2 rings (SSSR count). The first-order chi connectivity index (χ1) is 8.56. The molecule has 0 heterocycles. The third-order valence-electron chi connectivity index (χ3n) is 2.64. The maximum absolute atomic E-state index is 6.13. The summed E-state index contributed by atoms with van der Waals surface area (Å²) in [5, 5.41) is 1.46. The molecule has 0 saturated heterocycles. The minimum atomic E-state index is 0.712. The predicted octanol–water partition coefficient (Wildman–Crippen LogP) is 5.18. The van der Waals surface area contributed by atoms with Crippen LogP contribution in [0.2, 0.25) is 10.0 Å². The highest BCUT2D eigenvalue weighted by atomic mass is 35.5. The number of benzene rings is 2. The standard InChI is InChI=1S/C14H13Cl2NS/c1-9-6-12(3-5-14(9)17)18-8-10-7-11(15)2-4-13(10)16/h2-7H,8,17H2,1H3. The molecule has 0 aromatic heterocycles. The minimum absolute atomic E-state index is 0.712. The summed E-state index contributed by atoms with van der Waals surface area (Å²) in [7, 11) is 0. The Morgan fingerprint density at radius 1 is 1.11 bits per heavy atom. The molecule has 2 aromatic rings. The van der Waals surface area contributed by atoms with Crippen LogP contribution in [0.5, 0.6) is 0 Å². The van der Waals surface area contributed by atoms with Gasteiger partial charge in [-0.1, -0.05) is 23.2 Å². The molecule has 0 unspecified atom stereocenters. The van der Waals surface area contributed by atoms with Crippen LogP contribution in [-0.2, 0) is 5.75 Å². The van der Waals surface area contributed by atoms with Crippen LogP contribution in [-0.4, -0.2) is 0 Å². The highest BCUT2D eigenvalue weighted by Gasteiger charge is 2.03. The van der Waals surface area contributed by atoms with Gasteiger partial charge in [-0.3, -0.25) is 0 Å². The van der Waals surface area contributed by atoms with E-state index in [0.717, 1.165) is 27.6 Å². The van der Waals surface area contributed by atoms with Crippen LogP contribution in [0.25, 0.3) is 0 Å². The van der Waals surface area contributed by atoms with Crippen molar-refractivity contribution in [3.8, 4) is 0 Å². The van der Waals surface area contributed by atoms with Gasteiger partial charge in [0.2, 0.25) is 0 Å². The maximum atomic E-state index is 6.13. The fraction of sp³-hybridized carbons (Fsp3) is 0.143. The van der Waals surface area contributed by atoms with Crippen molar-refractivity contribution in [3.05, 3.63) is 57.6 Å². The molecule has 1 nitrogen and oxygen atoms in total. The first kappa shape index (κ1) is 13.6. The summed E-state index contributed by atoms with van der Waals surface area (Å²) in [6.07, 6.45) is 0. The first-order valence-electron chi connectivity index (χ1n) is 5.49. The monoisotopic (exact) mass is 297 g/mol. The summed E-state index contributed by atoms with van der Waals surface area (Å²) in [6, 6.07) is 11.6. The molecular formula is C14H13Cl2NS. The second-order valence-electron chi connectivity index (χ2n) is 4.04. The van der Waals surface area contributed by atoms with Gasteiger partial charge in [0, 0.05) is 26.4 Å². The van der Waals surface area contributed by atoms with Crippen LogP contribution >= 0.6 is 35.0 Å². The topological polar surface area (TPSA) is 26.0 Å².